The number of hydrogen-bond acceptors (Lipinski definition) is 7. The van der Waals surface area contributed by atoms with E-state index < -0.39 is 0 Å². The second kappa shape index (κ2) is 11.0. The molecule has 0 N–H and O–H groups in total. The zero-order valence-corrected chi connectivity index (χ0v) is 20.2. The Hall–Kier alpha value is -4.17. The Kier molecular flexibility index (Phi) is 7.23. The minimum Gasteiger partial charge on any atom is -0.497 e. The van der Waals surface area contributed by atoms with E-state index in [0.29, 0.717) is 43.5 Å². The molecule has 8 nitrogen and oxygen atoms in total. The van der Waals surface area contributed by atoms with Crippen molar-refractivity contribution in [2.75, 3.05) is 33.3 Å². The van der Waals surface area contributed by atoms with Crippen molar-refractivity contribution in [1.82, 2.24) is 19.9 Å². The molecule has 1 aliphatic rings. The molecule has 1 aromatic heterocycles. The summed E-state index contributed by atoms with van der Waals surface area (Å²) in [5.74, 6) is 2.67. The molecular formula is C28H28N4O4. The summed E-state index contributed by atoms with van der Waals surface area (Å²) < 4.78 is 16.5. The average Bonchev–Trinajstić information content (AvgIpc) is 3.41. The van der Waals surface area contributed by atoms with E-state index in [4.69, 9.17) is 14.0 Å². The fourth-order valence-corrected chi connectivity index (χ4v) is 4.09. The summed E-state index contributed by atoms with van der Waals surface area (Å²) in [4.78, 5) is 21.6. The van der Waals surface area contributed by atoms with Crippen LogP contribution in [0.15, 0.2) is 83.4 Å². The van der Waals surface area contributed by atoms with Gasteiger partial charge in [-0.25, -0.2) is 0 Å². The van der Waals surface area contributed by atoms with Crippen molar-refractivity contribution in [3.8, 4) is 22.9 Å². The molecule has 1 fully saturated rings. The highest BCUT2D eigenvalue weighted by molar-refractivity contribution is 5.94. The minimum atomic E-state index is 0.0313. The van der Waals surface area contributed by atoms with Crippen molar-refractivity contribution in [2.45, 2.75) is 13.2 Å². The first-order chi connectivity index (χ1) is 17.7. The smallest absolute Gasteiger partial charge is 0.253 e. The Bertz CT molecular complexity index is 1270. The predicted octanol–water partition coefficient (Wildman–Crippen LogP) is 4.28. The van der Waals surface area contributed by atoms with Gasteiger partial charge < -0.3 is 18.9 Å². The van der Waals surface area contributed by atoms with E-state index >= 15 is 0 Å². The molecule has 0 radical (unpaired) electrons. The predicted molar refractivity (Wildman–Crippen MR) is 135 cm³/mol. The fraction of sp³-hybridized carbons (Fsp3) is 0.250. The number of ether oxygens (including phenoxy) is 2. The van der Waals surface area contributed by atoms with Gasteiger partial charge in [-0.3, -0.25) is 9.69 Å². The zero-order valence-electron chi connectivity index (χ0n) is 20.2. The maximum atomic E-state index is 13.0. The van der Waals surface area contributed by atoms with Crippen LogP contribution in [-0.4, -0.2) is 59.1 Å². The van der Waals surface area contributed by atoms with Crippen LogP contribution in [-0.2, 0) is 13.2 Å². The molecule has 1 aliphatic heterocycles. The number of nitrogens with zero attached hydrogens (tertiary/aromatic N) is 4. The molecule has 0 bridgehead atoms. The summed E-state index contributed by atoms with van der Waals surface area (Å²) >= 11 is 0. The first kappa shape index (κ1) is 23.6. The standard InChI is InChI=1S/C28H28N4O4/c1-34-24-11-7-22(8-12-24)27-29-26(36-30-27)19-31-15-17-32(18-16-31)28(33)23-9-13-25(14-10-23)35-20-21-5-3-2-4-6-21/h2-14H,15-20H2,1H3. The molecule has 36 heavy (non-hydrogen) atoms. The summed E-state index contributed by atoms with van der Waals surface area (Å²) in [6.45, 7) is 3.82. The second-order valence-corrected chi connectivity index (χ2v) is 8.61. The zero-order chi connectivity index (χ0) is 24.7. The minimum absolute atomic E-state index is 0.0313. The molecule has 0 unspecified atom stereocenters. The van der Waals surface area contributed by atoms with Crippen molar-refractivity contribution < 1.29 is 18.8 Å². The molecular weight excluding hydrogens is 456 g/mol. The summed E-state index contributed by atoms with van der Waals surface area (Å²) in [7, 11) is 1.63. The van der Waals surface area contributed by atoms with Crippen molar-refractivity contribution in [2.24, 2.45) is 0 Å². The third-order valence-corrected chi connectivity index (χ3v) is 6.18. The van der Waals surface area contributed by atoms with E-state index in [9.17, 15) is 4.79 Å². The second-order valence-electron chi connectivity index (χ2n) is 8.61. The molecule has 0 aliphatic carbocycles. The van der Waals surface area contributed by atoms with E-state index in [1.54, 1.807) is 7.11 Å². The van der Waals surface area contributed by atoms with Crippen molar-refractivity contribution in [3.05, 3.63) is 95.9 Å². The van der Waals surface area contributed by atoms with E-state index in [-0.39, 0.29) is 5.91 Å². The van der Waals surface area contributed by atoms with Crippen LogP contribution in [0, 0.1) is 0 Å². The topological polar surface area (TPSA) is 80.9 Å². The van der Waals surface area contributed by atoms with Crippen LogP contribution >= 0.6 is 0 Å². The summed E-state index contributed by atoms with van der Waals surface area (Å²) in [6.07, 6.45) is 0. The van der Waals surface area contributed by atoms with E-state index in [1.165, 1.54) is 0 Å². The summed E-state index contributed by atoms with van der Waals surface area (Å²) in [5, 5.41) is 4.10. The highest BCUT2D eigenvalue weighted by Crippen LogP contribution is 2.21. The number of piperazine rings is 1. The van der Waals surface area contributed by atoms with Gasteiger partial charge >= 0.3 is 0 Å². The third kappa shape index (κ3) is 5.72. The Labute approximate surface area is 210 Å². The lowest BCUT2D eigenvalue weighted by Crippen LogP contribution is -2.48. The van der Waals surface area contributed by atoms with Gasteiger partial charge in [0.25, 0.3) is 5.91 Å². The molecule has 0 saturated carbocycles. The quantitative estimate of drug-likeness (QED) is 0.369. The number of aromatic nitrogens is 2. The summed E-state index contributed by atoms with van der Waals surface area (Å²) in [5.41, 5.74) is 2.64. The van der Waals surface area contributed by atoms with Gasteiger partial charge in [0, 0.05) is 37.3 Å². The molecule has 3 aromatic carbocycles. The van der Waals surface area contributed by atoms with Crippen LogP contribution in [0.25, 0.3) is 11.4 Å². The largest absolute Gasteiger partial charge is 0.497 e. The van der Waals surface area contributed by atoms with Crippen molar-refractivity contribution >= 4 is 5.91 Å². The number of amides is 1. The van der Waals surface area contributed by atoms with Crippen molar-refractivity contribution in [1.29, 1.82) is 0 Å². The van der Waals surface area contributed by atoms with Crippen molar-refractivity contribution in [3.63, 3.8) is 0 Å². The highest BCUT2D eigenvalue weighted by atomic mass is 16.5. The van der Waals surface area contributed by atoms with Crippen LogP contribution in [0.5, 0.6) is 11.5 Å². The number of benzene rings is 3. The molecule has 2 heterocycles. The lowest BCUT2D eigenvalue weighted by Gasteiger charge is -2.34. The Morgan fingerprint density at radius 2 is 1.58 bits per heavy atom. The van der Waals surface area contributed by atoms with E-state index in [0.717, 1.165) is 35.7 Å². The molecule has 0 atom stereocenters. The van der Waals surface area contributed by atoms with Gasteiger partial charge in [-0.2, -0.15) is 4.98 Å². The number of carbonyl (C=O) groups is 1. The normalized spacial score (nSPS) is 14.0. The van der Waals surface area contributed by atoms with Crippen LogP contribution in [0.4, 0.5) is 0 Å². The highest BCUT2D eigenvalue weighted by Gasteiger charge is 2.23. The van der Waals surface area contributed by atoms with E-state index in [1.807, 2.05) is 83.8 Å². The molecule has 0 spiro atoms. The maximum absolute atomic E-state index is 13.0. The lowest BCUT2D eigenvalue weighted by atomic mass is 10.1. The van der Waals surface area contributed by atoms with Gasteiger partial charge in [0.15, 0.2) is 0 Å². The molecule has 1 saturated heterocycles. The third-order valence-electron chi connectivity index (χ3n) is 6.18. The number of hydrogen-bond donors (Lipinski definition) is 0. The first-order valence-corrected chi connectivity index (χ1v) is 11.9. The van der Waals surface area contributed by atoms with Crippen LogP contribution in [0.1, 0.15) is 21.8 Å². The number of rotatable bonds is 8. The molecule has 8 heteroatoms. The number of carbonyl (C=O) groups excluding carboxylic acids is 1. The van der Waals surface area contributed by atoms with Gasteiger partial charge in [0.05, 0.1) is 13.7 Å². The average molecular weight is 485 g/mol. The van der Waals surface area contributed by atoms with Gasteiger partial charge in [0.2, 0.25) is 11.7 Å². The molecule has 4 aromatic rings. The SMILES string of the molecule is COc1ccc(-c2noc(CN3CCN(C(=O)c4ccc(OCc5ccccc5)cc4)CC3)n2)cc1. The monoisotopic (exact) mass is 484 g/mol. The Morgan fingerprint density at radius 3 is 2.28 bits per heavy atom. The van der Waals surface area contributed by atoms with Gasteiger partial charge in [-0.05, 0) is 54.1 Å². The van der Waals surface area contributed by atoms with Crippen LogP contribution in [0.3, 0.4) is 0 Å². The lowest BCUT2D eigenvalue weighted by molar-refractivity contribution is 0.0615. The van der Waals surface area contributed by atoms with Gasteiger partial charge in [-0.15, -0.1) is 0 Å². The summed E-state index contributed by atoms with van der Waals surface area (Å²) in [6, 6.07) is 24.9. The molecule has 1 amide bonds. The Morgan fingerprint density at radius 1 is 0.889 bits per heavy atom. The van der Waals surface area contributed by atoms with Crippen LogP contribution in [0.2, 0.25) is 0 Å². The maximum Gasteiger partial charge on any atom is 0.253 e. The molecule has 184 valence electrons. The fourth-order valence-electron chi connectivity index (χ4n) is 4.09. The Balaban J connectivity index is 1.10. The van der Waals surface area contributed by atoms with Gasteiger partial charge in [-0.1, -0.05) is 35.5 Å². The first-order valence-electron chi connectivity index (χ1n) is 11.9. The van der Waals surface area contributed by atoms with E-state index in [2.05, 4.69) is 15.0 Å². The molecule has 5 rings (SSSR count). The van der Waals surface area contributed by atoms with Gasteiger partial charge in [0.1, 0.15) is 18.1 Å². The van der Waals surface area contributed by atoms with Crippen LogP contribution < -0.4 is 9.47 Å². The number of methoxy groups -OCH3 is 1.